The molecule has 2 aromatic heterocycles. The number of nitrogens with zero attached hydrogens (tertiary/aromatic N) is 3. The lowest BCUT2D eigenvalue weighted by Crippen LogP contribution is -2.40. The second kappa shape index (κ2) is 10.4. The molecule has 9 nitrogen and oxygen atoms in total. The highest BCUT2D eigenvalue weighted by Gasteiger charge is 2.24. The van der Waals surface area contributed by atoms with Crippen LogP contribution < -0.4 is 10.1 Å². The zero-order chi connectivity index (χ0) is 24.0. The van der Waals surface area contributed by atoms with Gasteiger partial charge in [-0.1, -0.05) is 20.8 Å². The van der Waals surface area contributed by atoms with Crippen LogP contribution in [0.4, 0.5) is 5.82 Å². The highest BCUT2D eigenvalue weighted by atomic mass is 16.5. The molecule has 2 heterocycles. The third-order valence-corrected chi connectivity index (χ3v) is 4.98. The van der Waals surface area contributed by atoms with Crippen LogP contribution in [0, 0.1) is 0 Å². The summed E-state index contributed by atoms with van der Waals surface area (Å²) in [4.78, 5) is 27.1. The van der Waals surface area contributed by atoms with Crippen molar-refractivity contribution < 1.29 is 23.5 Å². The molecule has 1 aromatic carbocycles. The molecule has 3 rings (SSSR count). The summed E-state index contributed by atoms with van der Waals surface area (Å²) >= 11 is 0. The summed E-state index contributed by atoms with van der Waals surface area (Å²) < 4.78 is 17.2. The van der Waals surface area contributed by atoms with Crippen LogP contribution in [-0.2, 0) is 14.9 Å². The van der Waals surface area contributed by atoms with Crippen LogP contribution in [0.3, 0.4) is 0 Å². The molecule has 3 aromatic rings. The van der Waals surface area contributed by atoms with Crippen LogP contribution in [0.5, 0.6) is 5.75 Å². The van der Waals surface area contributed by atoms with Gasteiger partial charge in [-0.25, -0.2) is 4.68 Å². The molecule has 0 saturated carbocycles. The van der Waals surface area contributed by atoms with Gasteiger partial charge in [-0.05, 0) is 36.4 Å². The summed E-state index contributed by atoms with van der Waals surface area (Å²) in [6, 6.07) is 12.4. The van der Waals surface area contributed by atoms with E-state index in [2.05, 4.69) is 5.32 Å². The van der Waals surface area contributed by atoms with Gasteiger partial charge in [0.2, 0.25) is 5.91 Å². The van der Waals surface area contributed by atoms with Gasteiger partial charge >= 0.3 is 0 Å². The van der Waals surface area contributed by atoms with E-state index >= 15 is 0 Å². The fraction of sp³-hybridized carbons (Fsp3) is 0.375. The van der Waals surface area contributed by atoms with Crippen molar-refractivity contribution in [2.24, 2.45) is 0 Å². The van der Waals surface area contributed by atoms with Crippen molar-refractivity contribution in [3.8, 4) is 11.4 Å². The van der Waals surface area contributed by atoms with Gasteiger partial charge in [0.25, 0.3) is 5.91 Å². The topological polar surface area (TPSA) is 98.8 Å². The molecular formula is C24H30N4O5. The number of carbonyl (C=O) groups is 2. The van der Waals surface area contributed by atoms with Gasteiger partial charge in [-0.2, -0.15) is 5.10 Å². The third-order valence-electron chi connectivity index (χ3n) is 4.98. The second-order valence-corrected chi connectivity index (χ2v) is 8.52. The number of ether oxygens (including phenoxy) is 2. The Morgan fingerprint density at radius 1 is 1.15 bits per heavy atom. The Kier molecular flexibility index (Phi) is 7.55. The Morgan fingerprint density at radius 3 is 2.45 bits per heavy atom. The quantitative estimate of drug-likeness (QED) is 0.531. The first kappa shape index (κ1) is 24.1. The van der Waals surface area contributed by atoms with Crippen molar-refractivity contribution in [3.63, 3.8) is 0 Å². The molecule has 0 atom stereocenters. The van der Waals surface area contributed by atoms with Crippen LogP contribution >= 0.6 is 0 Å². The fourth-order valence-electron chi connectivity index (χ4n) is 3.12. The Morgan fingerprint density at radius 2 is 1.88 bits per heavy atom. The average molecular weight is 455 g/mol. The number of hydrogen-bond acceptors (Lipinski definition) is 6. The van der Waals surface area contributed by atoms with Crippen LogP contribution in [-0.4, -0.2) is 60.4 Å². The number of anilines is 1. The van der Waals surface area contributed by atoms with E-state index in [4.69, 9.17) is 19.0 Å². The van der Waals surface area contributed by atoms with Crippen LogP contribution in [0.15, 0.2) is 53.1 Å². The Balaban J connectivity index is 1.84. The molecule has 0 bridgehead atoms. The van der Waals surface area contributed by atoms with Crippen LogP contribution in [0.2, 0.25) is 0 Å². The number of benzene rings is 1. The van der Waals surface area contributed by atoms with E-state index in [1.807, 2.05) is 51.1 Å². The molecule has 1 N–H and O–H groups in total. The lowest BCUT2D eigenvalue weighted by atomic mass is 9.92. The highest BCUT2D eigenvalue weighted by molar-refractivity contribution is 5.97. The summed E-state index contributed by atoms with van der Waals surface area (Å²) in [5, 5.41) is 7.61. The molecule has 0 aliphatic carbocycles. The maximum atomic E-state index is 13.0. The first-order chi connectivity index (χ1) is 15.7. The zero-order valence-electron chi connectivity index (χ0n) is 19.6. The van der Waals surface area contributed by atoms with E-state index < -0.39 is 0 Å². The normalized spacial score (nSPS) is 11.3. The molecule has 0 unspecified atom stereocenters. The van der Waals surface area contributed by atoms with Crippen molar-refractivity contribution >= 4 is 17.6 Å². The number of amides is 2. The minimum absolute atomic E-state index is 0.164. The molecule has 0 fully saturated rings. The fourth-order valence-corrected chi connectivity index (χ4v) is 3.12. The molecule has 2 amide bonds. The summed E-state index contributed by atoms with van der Waals surface area (Å²) in [6.07, 6.45) is 1.42. The first-order valence-corrected chi connectivity index (χ1v) is 10.6. The van der Waals surface area contributed by atoms with E-state index in [9.17, 15) is 9.59 Å². The van der Waals surface area contributed by atoms with Gasteiger partial charge in [0, 0.05) is 25.1 Å². The standard InChI is InChI=1S/C24H30N4O5/c1-24(2,3)20-15-21(28(26-20)17-8-10-18(32-5)11-9-17)25-22(29)16-27(12-14-31-4)23(30)19-7-6-13-33-19/h6-11,13,15H,12,14,16H2,1-5H3,(H,25,29). The van der Waals surface area contributed by atoms with Gasteiger partial charge < -0.3 is 24.1 Å². The Bertz CT molecular complexity index is 1070. The number of rotatable bonds is 9. The molecule has 0 aliphatic heterocycles. The number of nitrogens with one attached hydrogen (secondary N) is 1. The highest BCUT2D eigenvalue weighted by Crippen LogP contribution is 2.27. The van der Waals surface area contributed by atoms with Crippen molar-refractivity contribution in [3.05, 3.63) is 60.2 Å². The van der Waals surface area contributed by atoms with Gasteiger partial charge in [-0.3, -0.25) is 9.59 Å². The number of aromatic nitrogens is 2. The van der Waals surface area contributed by atoms with Gasteiger partial charge in [0.1, 0.15) is 18.1 Å². The predicted octanol–water partition coefficient (Wildman–Crippen LogP) is 3.50. The molecule has 0 radical (unpaired) electrons. The first-order valence-electron chi connectivity index (χ1n) is 10.6. The molecule has 176 valence electrons. The maximum Gasteiger partial charge on any atom is 0.290 e. The van der Waals surface area contributed by atoms with Crippen LogP contribution in [0.25, 0.3) is 5.69 Å². The Hall–Kier alpha value is -3.59. The summed E-state index contributed by atoms with van der Waals surface area (Å²) in [5.41, 5.74) is 1.36. The smallest absolute Gasteiger partial charge is 0.290 e. The average Bonchev–Trinajstić information content (AvgIpc) is 3.46. The molecular weight excluding hydrogens is 424 g/mol. The number of hydrogen-bond donors (Lipinski definition) is 1. The molecule has 9 heteroatoms. The molecule has 33 heavy (non-hydrogen) atoms. The van der Waals surface area contributed by atoms with E-state index in [-0.39, 0.29) is 42.7 Å². The van der Waals surface area contributed by atoms with E-state index in [0.717, 1.165) is 17.1 Å². The minimum Gasteiger partial charge on any atom is -0.497 e. The van der Waals surface area contributed by atoms with E-state index in [1.165, 1.54) is 18.3 Å². The van der Waals surface area contributed by atoms with E-state index in [1.54, 1.807) is 23.9 Å². The zero-order valence-corrected chi connectivity index (χ0v) is 19.6. The maximum absolute atomic E-state index is 13.0. The number of methoxy groups -OCH3 is 2. The number of carbonyl (C=O) groups excluding carboxylic acids is 2. The number of furan rings is 1. The lowest BCUT2D eigenvalue weighted by molar-refractivity contribution is -0.117. The minimum atomic E-state index is -0.383. The lowest BCUT2D eigenvalue weighted by Gasteiger charge is -2.21. The summed E-state index contributed by atoms with van der Waals surface area (Å²) in [5.74, 6) is 0.648. The van der Waals surface area contributed by atoms with Crippen molar-refractivity contribution in [1.82, 2.24) is 14.7 Å². The monoisotopic (exact) mass is 454 g/mol. The van der Waals surface area contributed by atoms with Crippen molar-refractivity contribution in [2.75, 3.05) is 39.2 Å². The SMILES string of the molecule is COCCN(CC(=O)Nc1cc(C(C)(C)C)nn1-c1ccc(OC)cc1)C(=O)c1ccco1. The van der Waals surface area contributed by atoms with Gasteiger partial charge in [-0.15, -0.1) is 0 Å². The van der Waals surface area contributed by atoms with Crippen LogP contribution in [0.1, 0.15) is 37.0 Å². The van der Waals surface area contributed by atoms with Crippen molar-refractivity contribution in [2.45, 2.75) is 26.2 Å². The van der Waals surface area contributed by atoms with Crippen molar-refractivity contribution in [1.29, 1.82) is 0 Å². The molecule has 0 spiro atoms. The second-order valence-electron chi connectivity index (χ2n) is 8.52. The molecule has 0 saturated heterocycles. The largest absolute Gasteiger partial charge is 0.497 e. The summed E-state index contributed by atoms with van der Waals surface area (Å²) in [6.45, 7) is 6.52. The summed E-state index contributed by atoms with van der Waals surface area (Å²) in [7, 11) is 3.14. The van der Waals surface area contributed by atoms with Gasteiger partial charge in [0.05, 0.1) is 31.4 Å². The predicted molar refractivity (Wildman–Crippen MR) is 124 cm³/mol. The Labute approximate surface area is 193 Å². The molecule has 0 aliphatic rings. The van der Waals surface area contributed by atoms with E-state index in [0.29, 0.717) is 5.82 Å². The third kappa shape index (κ3) is 6.01. The van der Waals surface area contributed by atoms with Gasteiger partial charge in [0.15, 0.2) is 5.76 Å².